The first-order valence-corrected chi connectivity index (χ1v) is 11.6. The average Bonchev–Trinajstić information content (AvgIpc) is 3.33. The van der Waals surface area contributed by atoms with Crippen LogP contribution >= 0.6 is 0 Å². The van der Waals surface area contributed by atoms with Gasteiger partial charge in [-0.15, -0.1) is 0 Å². The molecule has 2 aliphatic rings. The number of fused-ring (bicyclic) bond motifs is 1. The number of hydrogen-bond donors (Lipinski definition) is 2. The van der Waals surface area contributed by atoms with Gasteiger partial charge in [0.1, 0.15) is 0 Å². The molecule has 12 heteroatoms. The Kier molecular flexibility index (Phi) is 6.42. The minimum absolute atomic E-state index is 0.0323. The van der Waals surface area contributed by atoms with Gasteiger partial charge in [-0.3, -0.25) is 9.52 Å². The van der Waals surface area contributed by atoms with Gasteiger partial charge in [0.2, 0.25) is 0 Å². The van der Waals surface area contributed by atoms with E-state index in [1.54, 1.807) is 6.08 Å². The van der Waals surface area contributed by atoms with Crippen molar-refractivity contribution < 1.29 is 40.6 Å². The standard InChI is InChI=1S/C22H21F3N2O6S/c1-31-19-10-12(21(32-2)33-19)9-17-16-11-15(7-8-18(16)26-20(17)28)34(29,30)27-14-5-3-13(4-6-14)22(23,24)25/h3-9,11-12,19,21,27H,10H2,1-2H3,(H,26,28). The van der Waals surface area contributed by atoms with Crippen LogP contribution in [0.1, 0.15) is 17.5 Å². The first-order valence-electron chi connectivity index (χ1n) is 10.1. The Balaban J connectivity index is 1.61. The van der Waals surface area contributed by atoms with Crippen LogP contribution in [0.5, 0.6) is 0 Å². The molecule has 0 aliphatic carbocycles. The summed E-state index contributed by atoms with van der Waals surface area (Å²) >= 11 is 0. The number of nitrogens with one attached hydrogen (secondary N) is 2. The zero-order valence-electron chi connectivity index (χ0n) is 18.0. The molecule has 182 valence electrons. The maximum Gasteiger partial charge on any atom is 0.416 e. The molecule has 2 aliphatic heterocycles. The quantitative estimate of drug-likeness (QED) is 0.587. The van der Waals surface area contributed by atoms with Gasteiger partial charge in [-0.1, -0.05) is 6.08 Å². The molecule has 0 spiro atoms. The van der Waals surface area contributed by atoms with Gasteiger partial charge in [0.05, 0.1) is 10.5 Å². The summed E-state index contributed by atoms with van der Waals surface area (Å²) in [6.07, 6.45) is -3.57. The van der Waals surface area contributed by atoms with Gasteiger partial charge in [0.15, 0.2) is 12.6 Å². The summed E-state index contributed by atoms with van der Waals surface area (Å²) in [6, 6.07) is 7.71. The van der Waals surface area contributed by atoms with Crippen molar-refractivity contribution in [3.05, 3.63) is 59.7 Å². The highest BCUT2D eigenvalue weighted by Crippen LogP contribution is 2.38. The highest BCUT2D eigenvalue weighted by Gasteiger charge is 2.37. The van der Waals surface area contributed by atoms with Crippen molar-refractivity contribution in [2.24, 2.45) is 5.92 Å². The number of carbonyl (C=O) groups is 1. The van der Waals surface area contributed by atoms with Crippen LogP contribution in [0.4, 0.5) is 24.5 Å². The number of sulfonamides is 1. The van der Waals surface area contributed by atoms with E-state index in [2.05, 4.69) is 10.0 Å². The largest absolute Gasteiger partial charge is 0.416 e. The fourth-order valence-electron chi connectivity index (χ4n) is 3.82. The van der Waals surface area contributed by atoms with E-state index in [4.69, 9.17) is 14.2 Å². The van der Waals surface area contributed by atoms with Gasteiger partial charge in [0.25, 0.3) is 15.9 Å². The summed E-state index contributed by atoms with van der Waals surface area (Å²) < 4.78 is 82.4. The molecular weight excluding hydrogens is 477 g/mol. The van der Waals surface area contributed by atoms with Crippen LogP contribution in [-0.2, 0) is 35.2 Å². The molecule has 1 fully saturated rings. The molecular formula is C22H21F3N2O6S. The molecule has 34 heavy (non-hydrogen) atoms. The number of amides is 1. The molecule has 2 aromatic carbocycles. The van der Waals surface area contributed by atoms with Crippen LogP contribution in [0, 0.1) is 5.92 Å². The fourth-order valence-corrected chi connectivity index (χ4v) is 4.91. The molecule has 3 atom stereocenters. The summed E-state index contributed by atoms with van der Waals surface area (Å²) in [5.74, 6) is -0.719. The Hall–Kier alpha value is -2.93. The SMILES string of the molecule is COC1CC(C=C2C(=O)Nc3ccc(S(=O)(=O)Nc4ccc(C(F)(F)F)cc4)cc32)C(OC)O1. The van der Waals surface area contributed by atoms with E-state index in [1.165, 1.54) is 32.4 Å². The van der Waals surface area contributed by atoms with Crippen LogP contribution < -0.4 is 10.0 Å². The minimum atomic E-state index is -4.53. The molecule has 3 unspecified atom stereocenters. The molecule has 2 aromatic rings. The van der Waals surface area contributed by atoms with E-state index < -0.39 is 40.3 Å². The van der Waals surface area contributed by atoms with Gasteiger partial charge < -0.3 is 19.5 Å². The molecule has 1 amide bonds. The summed E-state index contributed by atoms with van der Waals surface area (Å²) in [4.78, 5) is 12.4. The van der Waals surface area contributed by atoms with Crippen LogP contribution in [0.3, 0.4) is 0 Å². The monoisotopic (exact) mass is 498 g/mol. The van der Waals surface area contributed by atoms with Crippen molar-refractivity contribution in [2.45, 2.75) is 30.1 Å². The Bertz CT molecular complexity index is 1230. The van der Waals surface area contributed by atoms with Crippen LogP contribution in [-0.4, -0.2) is 41.1 Å². The fraction of sp³-hybridized carbons (Fsp3) is 0.318. The van der Waals surface area contributed by atoms with E-state index in [-0.39, 0.29) is 22.1 Å². The Morgan fingerprint density at radius 1 is 1.12 bits per heavy atom. The minimum Gasteiger partial charge on any atom is -0.356 e. The number of benzene rings is 2. The summed E-state index contributed by atoms with van der Waals surface area (Å²) in [7, 11) is -1.19. The zero-order valence-corrected chi connectivity index (χ0v) is 18.9. The van der Waals surface area contributed by atoms with Crippen molar-refractivity contribution in [2.75, 3.05) is 24.3 Å². The predicted octanol–water partition coefficient (Wildman–Crippen LogP) is 3.82. The first kappa shape index (κ1) is 24.2. The van der Waals surface area contributed by atoms with E-state index in [0.29, 0.717) is 17.7 Å². The lowest BCUT2D eigenvalue weighted by atomic mass is 9.99. The number of anilines is 2. The number of ether oxygens (including phenoxy) is 3. The van der Waals surface area contributed by atoms with Gasteiger partial charge in [-0.25, -0.2) is 8.42 Å². The van der Waals surface area contributed by atoms with Gasteiger partial charge in [0, 0.05) is 49.1 Å². The molecule has 2 N–H and O–H groups in total. The van der Waals surface area contributed by atoms with Crippen molar-refractivity contribution in [3.63, 3.8) is 0 Å². The van der Waals surface area contributed by atoms with E-state index in [9.17, 15) is 26.4 Å². The Labute approximate surface area is 193 Å². The second kappa shape index (κ2) is 9.02. The molecule has 0 radical (unpaired) electrons. The third-order valence-electron chi connectivity index (χ3n) is 5.52. The smallest absolute Gasteiger partial charge is 0.356 e. The molecule has 0 aromatic heterocycles. The first-order chi connectivity index (χ1) is 16.0. The number of rotatable bonds is 6. The second-order valence-electron chi connectivity index (χ2n) is 7.73. The topological polar surface area (TPSA) is 103 Å². The van der Waals surface area contributed by atoms with E-state index in [0.717, 1.165) is 24.3 Å². The predicted molar refractivity (Wildman–Crippen MR) is 116 cm³/mol. The van der Waals surface area contributed by atoms with Crippen LogP contribution in [0.2, 0.25) is 0 Å². The van der Waals surface area contributed by atoms with Gasteiger partial charge >= 0.3 is 6.18 Å². The zero-order chi connectivity index (χ0) is 24.7. The molecule has 1 saturated heterocycles. The van der Waals surface area contributed by atoms with Crippen molar-refractivity contribution in [1.29, 1.82) is 0 Å². The maximum absolute atomic E-state index is 12.9. The molecule has 8 nitrogen and oxygen atoms in total. The van der Waals surface area contributed by atoms with Crippen molar-refractivity contribution in [3.8, 4) is 0 Å². The highest BCUT2D eigenvalue weighted by atomic mass is 32.2. The molecule has 2 heterocycles. The second-order valence-corrected chi connectivity index (χ2v) is 9.41. The lowest BCUT2D eigenvalue weighted by molar-refractivity contribution is -0.190. The maximum atomic E-state index is 12.9. The van der Waals surface area contributed by atoms with E-state index >= 15 is 0 Å². The lowest BCUT2D eigenvalue weighted by Gasteiger charge is -2.14. The summed E-state index contributed by atoms with van der Waals surface area (Å²) in [5, 5.41) is 2.69. The normalized spacial score (nSPS) is 23.7. The Morgan fingerprint density at radius 3 is 2.44 bits per heavy atom. The average molecular weight is 498 g/mol. The summed E-state index contributed by atoms with van der Waals surface area (Å²) in [6.45, 7) is 0. The molecule has 0 bridgehead atoms. The van der Waals surface area contributed by atoms with Crippen LogP contribution in [0.25, 0.3) is 5.57 Å². The van der Waals surface area contributed by atoms with Crippen molar-refractivity contribution >= 4 is 32.9 Å². The Morgan fingerprint density at radius 2 is 1.82 bits per heavy atom. The van der Waals surface area contributed by atoms with E-state index in [1.807, 2.05) is 0 Å². The third kappa shape index (κ3) is 4.80. The molecule has 4 rings (SSSR count). The van der Waals surface area contributed by atoms with Crippen LogP contribution in [0.15, 0.2) is 53.4 Å². The lowest BCUT2D eigenvalue weighted by Crippen LogP contribution is -2.18. The summed E-state index contributed by atoms with van der Waals surface area (Å²) in [5.41, 5.74) is 0.134. The van der Waals surface area contributed by atoms with Crippen molar-refractivity contribution in [1.82, 2.24) is 0 Å². The highest BCUT2D eigenvalue weighted by molar-refractivity contribution is 7.92. The third-order valence-corrected chi connectivity index (χ3v) is 6.90. The number of methoxy groups -OCH3 is 2. The van der Waals surface area contributed by atoms with Gasteiger partial charge in [-0.2, -0.15) is 13.2 Å². The molecule has 0 saturated carbocycles. The number of alkyl halides is 3. The van der Waals surface area contributed by atoms with Gasteiger partial charge in [-0.05, 0) is 42.5 Å². The number of carbonyl (C=O) groups excluding carboxylic acids is 1. The number of hydrogen-bond acceptors (Lipinski definition) is 6. The number of halogens is 3.